The van der Waals surface area contributed by atoms with Crippen molar-refractivity contribution in [2.45, 2.75) is 19.8 Å². The van der Waals surface area contributed by atoms with Gasteiger partial charge in [-0.15, -0.1) is 6.58 Å². The molecule has 1 aromatic heterocycles. The second-order valence-corrected chi connectivity index (χ2v) is 3.32. The normalized spacial score (nSPS) is 9.79. The highest BCUT2D eigenvalue weighted by Gasteiger charge is 2.09. The third kappa shape index (κ3) is 2.69. The number of carbonyl (C=O) groups excluding carboxylic acids is 1. The molecule has 1 heterocycles. The molecule has 0 aliphatic carbocycles. The lowest BCUT2D eigenvalue weighted by atomic mass is 10.1. The number of Topliss-reactive ketones (excluding diaryl/α,β-unsaturated/α-hetero) is 1. The fourth-order valence-electron chi connectivity index (χ4n) is 1.10. The van der Waals surface area contributed by atoms with E-state index >= 15 is 0 Å². The van der Waals surface area contributed by atoms with Gasteiger partial charge in [0.1, 0.15) is 5.69 Å². The predicted octanol–water partition coefficient (Wildman–Crippen LogP) is 2.20. The number of aromatic nitrogens is 1. The van der Waals surface area contributed by atoms with E-state index in [1.54, 1.807) is 18.3 Å². The van der Waals surface area contributed by atoms with E-state index < -0.39 is 0 Å². The summed E-state index contributed by atoms with van der Waals surface area (Å²) >= 11 is 0. The summed E-state index contributed by atoms with van der Waals surface area (Å²) in [5.74, 6) is -0.0221. The van der Waals surface area contributed by atoms with Crippen LogP contribution in [-0.4, -0.2) is 10.8 Å². The van der Waals surface area contributed by atoms with Gasteiger partial charge in [-0.25, -0.2) is 0 Å². The number of nitrogens with zero attached hydrogens (tertiary/aromatic N) is 1. The fourth-order valence-corrected chi connectivity index (χ4v) is 1.10. The Hall–Kier alpha value is -1.64. The minimum absolute atomic E-state index is 0.0221. The number of pyridine rings is 1. The molecule has 3 nitrogen and oxygen atoms in total. The minimum atomic E-state index is -0.0221. The second kappa shape index (κ2) is 4.56. The summed E-state index contributed by atoms with van der Waals surface area (Å²) in [6, 6.07) is 3.39. The minimum Gasteiger partial charge on any atom is -0.397 e. The lowest BCUT2D eigenvalue weighted by Gasteiger charge is -2.02. The molecule has 0 aromatic carbocycles. The molecule has 0 spiro atoms. The topological polar surface area (TPSA) is 56.0 Å². The van der Waals surface area contributed by atoms with Crippen LogP contribution in [0.25, 0.3) is 0 Å². The van der Waals surface area contributed by atoms with E-state index in [1.165, 1.54) is 0 Å². The van der Waals surface area contributed by atoms with Crippen LogP contribution in [0.4, 0.5) is 5.69 Å². The van der Waals surface area contributed by atoms with Crippen LogP contribution in [0.2, 0.25) is 0 Å². The number of nitrogens with two attached hydrogens (primary N) is 1. The van der Waals surface area contributed by atoms with Crippen molar-refractivity contribution in [1.29, 1.82) is 0 Å². The molecule has 0 aliphatic rings. The highest BCUT2D eigenvalue weighted by Crippen LogP contribution is 2.12. The van der Waals surface area contributed by atoms with Gasteiger partial charge in [0.05, 0.1) is 5.69 Å². The Bertz CT molecular complexity index is 358. The van der Waals surface area contributed by atoms with Gasteiger partial charge in [0.15, 0.2) is 5.78 Å². The molecular weight excluding hydrogens is 176 g/mol. The molecule has 0 fully saturated rings. The molecule has 74 valence electrons. The van der Waals surface area contributed by atoms with Crippen LogP contribution in [0.3, 0.4) is 0 Å². The molecule has 0 amide bonds. The maximum absolute atomic E-state index is 11.6. The monoisotopic (exact) mass is 190 g/mol. The fraction of sp³-hybridized carbons (Fsp3) is 0.273. The van der Waals surface area contributed by atoms with Crippen molar-refractivity contribution in [2.24, 2.45) is 0 Å². The van der Waals surface area contributed by atoms with Crippen molar-refractivity contribution < 1.29 is 4.79 Å². The average molecular weight is 190 g/mol. The van der Waals surface area contributed by atoms with Crippen molar-refractivity contribution in [1.82, 2.24) is 4.98 Å². The van der Waals surface area contributed by atoms with Crippen LogP contribution in [-0.2, 0) is 0 Å². The smallest absolute Gasteiger partial charge is 0.183 e. The number of carbonyl (C=O) groups is 1. The number of anilines is 1. The standard InChI is InChI=1S/C11H14N2O/c1-8(2)5-6-10(14)11-9(12)4-3-7-13-11/h3-4,7H,1,5-6,12H2,2H3. The van der Waals surface area contributed by atoms with E-state index in [4.69, 9.17) is 5.73 Å². The summed E-state index contributed by atoms with van der Waals surface area (Å²) in [4.78, 5) is 15.5. The van der Waals surface area contributed by atoms with E-state index in [1.807, 2.05) is 6.92 Å². The molecule has 3 heteroatoms. The lowest BCUT2D eigenvalue weighted by Crippen LogP contribution is -2.06. The first kappa shape index (κ1) is 10.4. The molecule has 0 atom stereocenters. The summed E-state index contributed by atoms with van der Waals surface area (Å²) in [6.07, 6.45) is 2.69. The van der Waals surface area contributed by atoms with E-state index in [0.29, 0.717) is 24.2 Å². The van der Waals surface area contributed by atoms with Crippen LogP contribution in [0.1, 0.15) is 30.3 Å². The van der Waals surface area contributed by atoms with Gasteiger partial charge in [0.2, 0.25) is 0 Å². The summed E-state index contributed by atoms with van der Waals surface area (Å²) < 4.78 is 0. The van der Waals surface area contributed by atoms with Gasteiger partial charge in [0, 0.05) is 12.6 Å². The molecule has 0 saturated carbocycles. The van der Waals surface area contributed by atoms with Gasteiger partial charge in [0.25, 0.3) is 0 Å². The van der Waals surface area contributed by atoms with Crippen molar-refractivity contribution in [3.63, 3.8) is 0 Å². The van der Waals surface area contributed by atoms with Gasteiger partial charge >= 0.3 is 0 Å². The molecular formula is C11H14N2O. The first-order valence-corrected chi connectivity index (χ1v) is 4.49. The van der Waals surface area contributed by atoms with Crippen LogP contribution >= 0.6 is 0 Å². The highest BCUT2D eigenvalue weighted by molar-refractivity contribution is 5.98. The van der Waals surface area contributed by atoms with Gasteiger partial charge in [-0.3, -0.25) is 9.78 Å². The zero-order chi connectivity index (χ0) is 10.6. The molecule has 0 radical (unpaired) electrons. The molecule has 0 bridgehead atoms. The van der Waals surface area contributed by atoms with E-state index in [2.05, 4.69) is 11.6 Å². The number of hydrogen-bond acceptors (Lipinski definition) is 3. The van der Waals surface area contributed by atoms with Gasteiger partial charge in [-0.1, -0.05) is 5.57 Å². The number of rotatable bonds is 4. The molecule has 2 N–H and O–H groups in total. The molecule has 1 aromatic rings. The van der Waals surface area contributed by atoms with Crippen LogP contribution in [0.5, 0.6) is 0 Å². The number of hydrogen-bond donors (Lipinski definition) is 1. The van der Waals surface area contributed by atoms with Crippen LogP contribution < -0.4 is 5.73 Å². The van der Waals surface area contributed by atoms with E-state index in [9.17, 15) is 4.79 Å². The number of allylic oxidation sites excluding steroid dienone is 1. The molecule has 0 saturated heterocycles. The van der Waals surface area contributed by atoms with Crippen LogP contribution in [0.15, 0.2) is 30.5 Å². The molecule has 14 heavy (non-hydrogen) atoms. The molecule has 0 aliphatic heterocycles. The number of nitrogen functional groups attached to an aromatic ring is 1. The number of ketones is 1. The van der Waals surface area contributed by atoms with Crippen molar-refractivity contribution in [3.8, 4) is 0 Å². The SMILES string of the molecule is C=C(C)CCC(=O)c1ncccc1N. The second-order valence-electron chi connectivity index (χ2n) is 3.32. The van der Waals surface area contributed by atoms with Gasteiger partial charge in [-0.2, -0.15) is 0 Å². The lowest BCUT2D eigenvalue weighted by molar-refractivity contribution is 0.0979. The zero-order valence-electron chi connectivity index (χ0n) is 8.29. The maximum atomic E-state index is 11.6. The first-order valence-electron chi connectivity index (χ1n) is 4.49. The van der Waals surface area contributed by atoms with E-state index in [-0.39, 0.29) is 5.78 Å². The summed E-state index contributed by atoms with van der Waals surface area (Å²) in [6.45, 7) is 5.64. The molecule has 0 unspecified atom stereocenters. The van der Waals surface area contributed by atoms with Crippen molar-refractivity contribution >= 4 is 11.5 Å². The van der Waals surface area contributed by atoms with Crippen LogP contribution in [0, 0.1) is 0 Å². The summed E-state index contributed by atoms with van der Waals surface area (Å²) in [7, 11) is 0. The quantitative estimate of drug-likeness (QED) is 0.585. The Morgan fingerprint density at radius 1 is 1.57 bits per heavy atom. The third-order valence-electron chi connectivity index (χ3n) is 1.88. The first-order chi connectivity index (χ1) is 6.61. The Morgan fingerprint density at radius 2 is 2.29 bits per heavy atom. The predicted molar refractivity (Wildman–Crippen MR) is 57.0 cm³/mol. The summed E-state index contributed by atoms with van der Waals surface area (Å²) in [5.41, 5.74) is 7.43. The third-order valence-corrected chi connectivity index (χ3v) is 1.88. The van der Waals surface area contributed by atoms with Crippen molar-refractivity contribution in [2.75, 3.05) is 5.73 Å². The zero-order valence-corrected chi connectivity index (χ0v) is 8.29. The largest absolute Gasteiger partial charge is 0.397 e. The molecule has 1 rings (SSSR count). The maximum Gasteiger partial charge on any atom is 0.183 e. The highest BCUT2D eigenvalue weighted by atomic mass is 16.1. The average Bonchev–Trinajstić information content (AvgIpc) is 2.15. The van der Waals surface area contributed by atoms with E-state index in [0.717, 1.165) is 5.57 Å². The Balaban J connectivity index is 2.70. The van der Waals surface area contributed by atoms with Gasteiger partial charge < -0.3 is 5.73 Å². The summed E-state index contributed by atoms with van der Waals surface area (Å²) in [5, 5.41) is 0. The van der Waals surface area contributed by atoms with Gasteiger partial charge in [-0.05, 0) is 25.5 Å². The Kier molecular flexibility index (Phi) is 3.40. The van der Waals surface area contributed by atoms with Crippen molar-refractivity contribution in [3.05, 3.63) is 36.2 Å². The Labute approximate surface area is 83.7 Å². The Morgan fingerprint density at radius 3 is 2.86 bits per heavy atom.